The Morgan fingerprint density at radius 1 is 1.19 bits per heavy atom. The average molecular weight is 297 g/mol. The Kier molecular flexibility index (Phi) is 8.23. The predicted octanol–water partition coefficient (Wildman–Crippen LogP) is 1.88. The van der Waals surface area contributed by atoms with Crippen LogP contribution in [0.2, 0.25) is 0 Å². The zero-order valence-electron chi connectivity index (χ0n) is 12.6. The quantitative estimate of drug-likeness (QED) is 0.403. The number of benzene rings is 1. The first-order chi connectivity index (χ1) is 10.2. The van der Waals surface area contributed by atoms with Crippen LogP contribution in [0.5, 0.6) is 5.75 Å². The van der Waals surface area contributed by atoms with Gasteiger partial charge in [-0.15, -0.1) is 0 Å². The highest BCUT2D eigenvalue weighted by molar-refractivity contribution is 5.91. The molecule has 0 heterocycles. The third kappa shape index (κ3) is 6.46. The Bertz CT molecular complexity index is 436. The maximum atomic E-state index is 11.5. The van der Waals surface area contributed by atoms with E-state index in [9.17, 15) is 4.79 Å². The van der Waals surface area contributed by atoms with Crippen molar-refractivity contribution in [2.75, 3.05) is 45.9 Å². The number of hydrogen-bond acceptors (Lipinski definition) is 6. The summed E-state index contributed by atoms with van der Waals surface area (Å²) >= 11 is 0. The SMILES string of the molecule is CCOC(=O)c1ccc(OCCOCCCOC)c(N)c1. The molecule has 2 N–H and O–H groups in total. The topological polar surface area (TPSA) is 80.0 Å². The standard InChI is InChI=1S/C15H23NO5/c1-3-20-15(17)12-5-6-14(13(16)11-12)21-10-9-19-8-4-7-18-2/h5-6,11H,3-4,7-10,16H2,1-2H3. The number of nitrogen functional groups attached to an aromatic ring is 1. The Morgan fingerprint density at radius 2 is 2.00 bits per heavy atom. The molecule has 0 aliphatic heterocycles. The van der Waals surface area contributed by atoms with E-state index in [0.29, 0.717) is 50.0 Å². The van der Waals surface area contributed by atoms with E-state index in [1.165, 1.54) is 0 Å². The zero-order valence-corrected chi connectivity index (χ0v) is 12.6. The summed E-state index contributed by atoms with van der Waals surface area (Å²) < 4.78 is 20.7. The van der Waals surface area contributed by atoms with Crippen LogP contribution >= 0.6 is 0 Å². The summed E-state index contributed by atoms with van der Waals surface area (Å²) in [5, 5.41) is 0. The molecule has 0 aromatic heterocycles. The van der Waals surface area contributed by atoms with Crippen molar-refractivity contribution in [3.8, 4) is 5.75 Å². The lowest BCUT2D eigenvalue weighted by Gasteiger charge is -2.10. The number of carbonyl (C=O) groups is 1. The van der Waals surface area contributed by atoms with Gasteiger partial charge in [-0.3, -0.25) is 0 Å². The van der Waals surface area contributed by atoms with E-state index >= 15 is 0 Å². The molecule has 118 valence electrons. The van der Waals surface area contributed by atoms with Crippen molar-refractivity contribution in [1.82, 2.24) is 0 Å². The normalized spacial score (nSPS) is 10.4. The molecule has 0 fully saturated rings. The second-order valence-electron chi connectivity index (χ2n) is 4.28. The number of nitrogens with two attached hydrogens (primary N) is 1. The van der Waals surface area contributed by atoms with E-state index in [0.717, 1.165) is 6.42 Å². The van der Waals surface area contributed by atoms with Gasteiger partial charge in [0.1, 0.15) is 12.4 Å². The van der Waals surface area contributed by atoms with Crippen LogP contribution in [0, 0.1) is 0 Å². The molecular weight excluding hydrogens is 274 g/mol. The van der Waals surface area contributed by atoms with Crippen LogP contribution in [0.25, 0.3) is 0 Å². The van der Waals surface area contributed by atoms with Crippen molar-refractivity contribution >= 4 is 11.7 Å². The second kappa shape index (κ2) is 10.0. The Balaban J connectivity index is 2.34. The highest BCUT2D eigenvalue weighted by atomic mass is 16.5. The molecule has 6 heteroatoms. The monoisotopic (exact) mass is 297 g/mol. The Morgan fingerprint density at radius 3 is 2.67 bits per heavy atom. The highest BCUT2D eigenvalue weighted by Gasteiger charge is 2.09. The predicted molar refractivity (Wildman–Crippen MR) is 79.6 cm³/mol. The van der Waals surface area contributed by atoms with Crippen molar-refractivity contribution in [3.63, 3.8) is 0 Å². The van der Waals surface area contributed by atoms with Crippen LogP contribution < -0.4 is 10.5 Å². The van der Waals surface area contributed by atoms with Crippen molar-refractivity contribution in [2.45, 2.75) is 13.3 Å². The van der Waals surface area contributed by atoms with Crippen LogP contribution in [0.1, 0.15) is 23.7 Å². The maximum Gasteiger partial charge on any atom is 0.338 e. The summed E-state index contributed by atoms with van der Waals surface area (Å²) in [7, 11) is 1.66. The van der Waals surface area contributed by atoms with Gasteiger partial charge < -0.3 is 24.7 Å². The minimum absolute atomic E-state index is 0.331. The molecule has 6 nitrogen and oxygen atoms in total. The van der Waals surface area contributed by atoms with Crippen LogP contribution in [-0.2, 0) is 14.2 Å². The third-order valence-corrected chi connectivity index (χ3v) is 2.64. The number of ether oxygens (including phenoxy) is 4. The minimum Gasteiger partial charge on any atom is -0.489 e. The molecule has 21 heavy (non-hydrogen) atoms. The van der Waals surface area contributed by atoms with E-state index in [1.807, 2.05) is 0 Å². The third-order valence-electron chi connectivity index (χ3n) is 2.64. The van der Waals surface area contributed by atoms with Gasteiger partial charge >= 0.3 is 5.97 Å². The van der Waals surface area contributed by atoms with E-state index in [1.54, 1.807) is 32.2 Å². The molecule has 0 saturated heterocycles. The van der Waals surface area contributed by atoms with E-state index < -0.39 is 5.97 Å². The van der Waals surface area contributed by atoms with Crippen LogP contribution in [0.15, 0.2) is 18.2 Å². The molecule has 0 spiro atoms. The van der Waals surface area contributed by atoms with Gasteiger partial charge in [-0.2, -0.15) is 0 Å². The van der Waals surface area contributed by atoms with E-state index in [2.05, 4.69) is 0 Å². The van der Waals surface area contributed by atoms with Gasteiger partial charge in [-0.25, -0.2) is 4.79 Å². The number of rotatable bonds is 10. The number of methoxy groups -OCH3 is 1. The first-order valence-corrected chi connectivity index (χ1v) is 6.95. The van der Waals surface area contributed by atoms with Gasteiger partial charge in [0.25, 0.3) is 0 Å². The molecule has 1 rings (SSSR count). The summed E-state index contributed by atoms with van der Waals surface area (Å²) in [5.41, 5.74) is 6.66. The molecule has 0 aliphatic rings. The Hall–Kier alpha value is -1.79. The smallest absolute Gasteiger partial charge is 0.338 e. The summed E-state index contributed by atoms with van der Waals surface area (Å²) in [6, 6.07) is 4.84. The number of hydrogen-bond donors (Lipinski definition) is 1. The summed E-state index contributed by atoms with van der Waals surface area (Å²) in [4.78, 5) is 11.5. The molecule has 1 aromatic rings. The largest absolute Gasteiger partial charge is 0.489 e. The van der Waals surface area contributed by atoms with Crippen molar-refractivity contribution in [3.05, 3.63) is 23.8 Å². The molecule has 0 amide bonds. The van der Waals surface area contributed by atoms with Gasteiger partial charge in [0, 0.05) is 20.3 Å². The first-order valence-electron chi connectivity index (χ1n) is 6.95. The van der Waals surface area contributed by atoms with E-state index in [-0.39, 0.29) is 0 Å². The molecule has 0 saturated carbocycles. The zero-order chi connectivity index (χ0) is 15.5. The summed E-state index contributed by atoms with van der Waals surface area (Å²) in [6.45, 7) is 4.28. The van der Waals surface area contributed by atoms with Gasteiger partial charge in [0.15, 0.2) is 0 Å². The lowest BCUT2D eigenvalue weighted by Crippen LogP contribution is -2.10. The molecule has 0 unspecified atom stereocenters. The van der Waals surface area contributed by atoms with Crippen molar-refractivity contribution in [2.24, 2.45) is 0 Å². The Labute approximate surface area is 125 Å². The number of esters is 1. The fourth-order valence-corrected chi connectivity index (χ4v) is 1.64. The van der Waals surface area contributed by atoms with Crippen LogP contribution in [0.4, 0.5) is 5.69 Å². The summed E-state index contributed by atoms with van der Waals surface area (Å²) in [5.74, 6) is 0.140. The molecule has 0 radical (unpaired) electrons. The lowest BCUT2D eigenvalue weighted by atomic mass is 10.2. The molecule has 0 bridgehead atoms. The van der Waals surface area contributed by atoms with Gasteiger partial charge in [-0.05, 0) is 31.5 Å². The molecule has 0 aliphatic carbocycles. The number of carbonyl (C=O) groups excluding carboxylic acids is 1. The van der Waals surface area contributed by atoms with E-state index in [4.69, 9.17) is 24.7 Å². The molecular formula is C15H23NO5. The lowest BCUT2D eigenvalue weighted by molar-refractivity contribution is 0.0526. The molecule has 0 atom stereocenters. The average Bonchev–Trinajstić information content (AvgIpc) is 2.48. The summed E-state index contributed by atoms with van der Waals surface area (Å²) in [6.07, 6.45) is 0.854. The fourth-order valence-electron chi connectivity index (χ4n) is 1.64. The van der Waals surface area contributed by atoms with Crippen LogP contribution in [-0.4, -0.2) is 46.1 Å². The highest BCUT2D eigenvalue weighted by Crippen LogP contribution is 2.22. The fraction of sp³-hybridized carbons (Fsp3) is 0.533. The number of anilines is 1. The minimum atomic E-state index is -0.391. The van der Waals surface area contributed by atoms with Gasteiger partial charge in [0.2, 0.25) is 0 Å². The van der Waals surface area contributed by atoms with Crippen molar-refractivity contribution in [1.29, 1.82) is 0 Å². The van der Waals surface area contributed by atoms with Crippen LogP contribution in [0.3, 0.4) is 0 Å². The van der Waals surface area contributed by atoms with Crippen molar-refractivity contribution < 1.29 is 23.7 Å². The van der Waals surface area contributed by atoms with Gasteiger partial charge in [0.05, 0.1) is 24.5 Å². The second-order valence-corrected chi connectivity index (χ2v) is 4.28. The van der Waals surface area contributed by atoms with Gasteiger partial charge in [-0.1, -0.05) is 0 Å². The molecule has 1 aromatic carbocycles. The first kappa shape index (κ1) is 17.3. The maximum absolute atomic E-state index is 11.5.